The smallest absolute Gasteiger partial charge is 0.127 e. The second-order valence-electron chi connectivity index (χ2n) is 4.90. The number of likely N-dealkylation sites (N-methyl/N-ethyl adjacent to an activating group) is 1. The van der Waals surface area contributed by atoms with Crippen molar-refractivity contribution in [2.45, 2.75) is 37.3 Å². The molecule has 1 atom stereocenters. The van der Waals surface area contributed by atoms with Crippen LogP contribution in [0.3, 0.4) is 0 Å². The monoisotopic (exact) mass is 271 g/mol. The minimum Gasteiger partial charge on any atom is -0.377 e. The van der Waals surface area contributed by atoms with E-state index in [1.54, 1.807) is 19.2 Å². The molecule has 1 N–H and O–H groups in total. The average Bonchev–Trinajstić information content (AvgIpc) is 2.29. The van der Waals surface area contributed by atoms with Crippen LogP contribution in [-0.4, -0.2) is 25.8 Å². The Bertz CT molecular complexity index is 415. The van der Waals surface area contributed by atoms with E-state index in [-0.39, 0.29) is 17.5 Å². The zero-order valence-electron chi connectivity index (χ0n) is 10.8. The largest absolute Gasteiger partial charge is 0.377 e. The molecule has 2 rings (SSSR count). The van der Waals surface area contributed by atoms with Crippen LogP contribution >= 0.6 is 11.6 Å². The Morgan fingerprint density at radius 2 is 2.22 bits per heavy atom. The van der Waals surface area contributed by atoms with Gasteiger partial charge in [0, 0.05) is 18.2 Å². The van der Waals surface area contributed by atoms with Crippen LogP contribution in [0.1, 0.15) is 24.8 Å². The number of hydrogen-bond acceptors (Lipinski definition) is 2. The predicted molar refractivity (Wildman–Crippen MR) is 71.6 cm³/mol. The van der Waals surface area contributed by atoms with Gasteiger partial charge in [-0.3, -0.25) is 0 Å². The molecule has 100 valence electrons. The summed E-state index contributed by atoms with van der Waals surface area (Å²) in [4.78, 5) is 0. The summed E-state index contributed by atoms with van der Waals surface area (Å²) in [5, 5.41) is 3.69. The molecule has 0 bridgehead atoms. The van der Waals surface area contributed by atoms with Crippen molar-refractivity contribution in [1.82, 2.24) is 5.32 Å². The molecule has 1 fully saturated rings. The van der Waals surface area contributed by atoms with E-state index in [0.29, 0.717) is 17.0 Å². The Labute approximate surface area is 112 Å². The third-order valence-corrected chi connectivity index (χ3v) is 4.26. The zero-order chi connectivity index (χ0) is 13.2. The summed E-state index contributed by atoms with van der Waals surface area (Å²) in [6.07, 6.45) is 3.86. The van der Waals surface area contributed by atoms with Gasteiger partial charge >= 0.3 is 0 Å². The van der Waals surface area contributed by atoms with Crippen molar-refractivity contribution in [3.63, 3.8) is 0 Å². The molecule has 2 nitrogen and oxygen atoms in total. The van der Waals surface area contributed by atoms with Gasteiger partial charge in [0.25, 0.3) is 0 Å². The maximum atomic E-state index is 13.8. The zero-order valence-corrected chi connectivity index (χ0v) is 11.6. The van der Waals surface area contributed by atoms with Crippen LogP contribution in [0.4, 0.5) is 4.39 Å². The normalized spacial score (nSPS) is 19.3. The van der Waals surface area contributed by atoms with Crippen molar-refractivity contribution in [1.29, 1.82) is 0 Å². The van der Waals surface area contributed by atoms with Gasteiger partial charge in [-0.05, 0) is 50.4 Å². The van der Waals surface area contributed by atoms with E-state index >= 15 is 0 Å². The van der Waals surface area contributed by atoms with Gasteiger partial charge in [0.05, 0.1) is 5.60 Å². The number of methoxy groups -OCH3 is 1. The number of rotatable bonds is 5. The van der Waals surface area contributed by atoms with Crippen LogP contribution < -0.4 is 5.32 Å². The first-order chi connectivity index (χ1) is 8.61. The Balaban J connectivity index is 2.15. The SMILES string of the molecule is CNC(Cc1ccc(Cl)cc1F)C1(OC)CCC1. The first-order valence-electron chi connectivity index (χ1n) is 6.27. The van der Waals surface area contributed by atoms with Gasteiger partial charge in [-0.15, -0.1) is 0 Å². The van der Waals surface area contributed by atoms with Crippen molar-refractivity contribution < 1.29 is 9.13 Å². The second kappa shape index (κ2) is 5.55. The van der Waals surface area contributed by atoms with E-state index in [4.69, 9.17) is 16.3 Å². The molecule has 0 saturated heterocycles. The van der Waals surface area contributed by atoms with Gasteiger partial charge in [-0.2, -0.15) is 0 Å². The Morgan fingerprint density at radius 1 is 1.50 bits per heavy atom. The van der Waals surface area contributed by atoms with Crippen molar-refractivity contribution in [3.8, 4) is 0 Å². The molecule has 0 aromatic heterocycles. The number of ether oxygens (including phenoxy) is 1. The van der Waals surface area contributed by atoms with Crippen LogP contribution in [0.15, 0.2) is 18.2 Å². The molecule has 1 saturated carbocycles. The third kappa shape index (κ3) is 2.53. The number of benzene rings is 1. The van der Waals surface area contributed by atoms with E-state index in [9.17, 15) is 4.39 Å². The van der Waals surface area contributed by atoms with Gasteiger partial charge in [0.15, 0.2) is 0 Å². The molecule has 0 amide bonds. The average molecular weight is 272 g/mol. The molecule has 1 aromatic rings. The van der Waals surface area contributed by atoms with Crippen molar-refractivity contribution >= 4 is 11.6 Å². The molecule has 1 aliphatic rings. The molecule has 18 heavy (non-hydrogen) atoms. The summed E-state index contributed by atoms with van der Waals surface area (Å²) >= 11 is 5.76. The fourth-order valence-corrected chi connectivity index (χ4v) is 2.84. The fourth-order valence-electron chi connectivity index (χ4n) is 2.68. The lowest BCUT2D eigenvalue weighted by Crippen LogP contribution is -2.56. The van der Waals surface area contributed by atoms with E-state index in [1.807, 2.05) is 7.05 Å². The number of halogens is 2. The lowest BCUT2D eigenvalue weighted by molar-refractivity contribution is -0.0967. The number of nitrogens with one attached hydrogen (secondary N) is 1. The molecular formula is C14H19ClFNO. The molecule has 1 unspecified atom stereocenters. The highest BCUT2D eigenvalue weighted by molar-refractivity contribution is 6.30. The minimum atomic E-state index is -0.242. The predicted octanol–water partition coefficient (Wildman–Crippen LogP) is 3.18. The van der Waals surface area contributed by atoms with E-state index in [0.717, 1.165) is 12.8 Å². The van der Waals surface area contributed by atoms with Crippen LogP contribution in [-0.2, 0) is 11.2 Å². The minimum absolute atomic E-state index is 0.131. The standard InChI is InChI=1S/C14H19ClFNO/c1-17-13(14(18-2)6-3-7-14)8-10-4-5-11(15)9-12(10)16/h4-5,9,13,17H,3,6-8H2,1-2H3. The van der Waals surface area contributed by atoms with Gasteiger partial charge in [0.1, 0.15) is 5.82 Å². The summed E-state index contributed by atoms with van der Waals surface area (Å²) < 4.78 is 19.5. The maximum absolute atomic E-state index is 13.8. The van der Waals surface area contributed by atoms with Gasteiger partial charge in [-0.1, -0.05) is 17.7 Å². The fraction of sp³-hybridized carbons (Fsp3) is 0.571. The maximum Gasteiger partial charge on any atom is 0.127 e. The molecule has 0 heterocycles. The van der Waals surface area contributed by atoms with E-state index < -0.39 is 0 Å². The number of hydrogen-bond donors (Lipinski definition) is 1. The van der Waals surface area contributed by atoms with Crippen LogP contribution in [0.5, 0.6) is 0 Å². The molecule has 1 aliphatic carbocycles. The summed E-state index contributed by atoms with van der Waals surface area (Å²) in [5.41, 5.74) is 0.544. The summed E-state index contributed by atoms with van der Waals surface area (Å²) in [6, 6.07) is 4.98. The summed E-state index contributed by atoms with van der Waals surface area (Å²) in [7, 11) is 3.64. The second-order valence-corrected chi connectivity index (χ2v) is 5.34. The molecule has 0 spiro atoms. The molecule has 0 radical (unpaired) electrons. The highest BCUT2D eigenvalue weighted by atomic mass is 35.5. The highest BCUT2D eigenvalue weighted by Gasteiger charge is 2.43. The van der Waals surface area contributed by atoms with Crippen molar-refractivity contribution in [2.24, 2.45) is 0 Å². The summed E-state index contributed by atoms with van der Waals surface area (Å²) in [5.74, 6) is -0.242. The first-order valence-corrected chi connectivity index (χ1v) is 6.65. The lowest BCUT2D eigenvalue weighted by Gasteiger charge is -2.46. The summed E-state index contributed by atoms with van der Waals surface area (Å²) in [6.45, 7) is 0. The van der Waals surface area contributed by atoms with Crippen molar-refractivity contribution in [2.75, 3.05) is 14.2 Å². The molecule has 4 heteroatoms. The molecular weight excluding hydrogens is 253 g/mol. The molecule has 0 aliphatic heterocycles. The highest BCUT2D eigenvalue weighted by Crippen LogP contribution is 2.39. The Hall–Kier alpha value is -0.640. The van der Waals surface area contributed by atoms with Gasteiger partial charge in [0.2, 0.25) is 0 Å². The topological polar surface area (TPSA) is 21.3 Å². The molecule has 1 aromatic carbocycles. The van der Waals surface area contributed by atoms with Crippen LogP contribution in [0.25, 0.3) is 0 Å². The van der Waals surface area contributed by atoms with Crippen LogP contribution in [0, 0.1) is 5.82 Å². The first kappa shape index (κ1) is 13.8. The Morgan fingerprint density at radius 3 is 2.67 bits per heavy atom. The van der Waals surface area contributed by atoms with E-state index in [1.165, 1.54) is 12.5 Å². The van der Waals surface area contributed by atoms with E-state index in [2.05, 4.69) is 5.32 Å². The van der Waals surface area contributed by atoms with Crippen molar-refractivity contribution in [3.05, 3.63) is 34.6 Å². The third-order valence-electron chi connectivity index (χ3n) is 4.03. The lowest BCUT2D eigenvalue weighted by atomic mass is 9.72. The quantitative estimate of drug-likeness (QED) is 0.888. The van der Waals surface area contributed by atoms with Gasteiger partial charge in [-0.25, -0.2) is 4.39 Å². The van der Waals surface area contributed by atoms with Crippen LogP contribution in [0.2, 0.25) is 5.02 Å². The Kier molecular flexibility index (Phi) is 4.25. The van der Waals surface area contributed by atoms with Gasteiger partial charge < -0.3 is 10.1 Å².